The standard InChI is InChI=1S/C11H19N3O2/c1-3-6-14-7-4-12-11(14)13-5-8-16-10-9-15-2/h3-4,7H,1,5-6,8-10H2,2H3,(H,12,13). The predicted octanol–water partition coefficient (Wildman–Crippen LogP) is 1.14. The highest BCUT2D eigenvalue weighted by Gasteiger charge is 1.99. The van der Waals surface area contributed by atoms with Crippen molar-refractivity contribution < 1.29 is 9.47 Å². The van der Waals surface area contributed by atoms with Crippen LogP contribution in [0, 0.1) is 0 Å². The maximum atomic E-state index is 5.33. The minimum atomic E-state index is 0.624. The number of nitrogens with one attached hydrogen (secondary N) is 1. The van der Waals surface area contributed by atoms with Crippen molar-refractivity contribution in [1.82, 2.24) is 9.55 Å². The number of ether oxygens (including phenoxy) is 2. The van der Waals surface area contributed by atoms with Crippen molar-refractivity contribution in [2.24, 2.45) is 0 Å². The molecule has 1 N–H and O–H groups in total. The first-order valence-electron chi connectivity index (χ1n) is 5.31. The van der Waals surface area contributed by atoms with Gasteiger partial charge in [0.05, 0.1) is 19.8 Å². The second-order valence-corrected chi connectivity index (χ2v) is 3.22. The van der Waals surface area contributed by atoms with E-state index >= 15 is 0 Å². The van der Waals surface area contributed by atoms with Gasteiger partial charge in [-0.05, 0) is 0 Å². The fourth-order valence-electron chi connectivity index (χ4n) is 1.24. The van der Waals surface area contributed by atoms with Gasteiger partial charge in [0.25, 0.3) is 0 Å². The van der Waals surface area contributed by atoms with Gasteiger partial charge >= 0.3 is 0 Å². The van der Waals surface area contributed by atoms with Gasteiger partial charge in [0, 0.05) is 32.6 Å². The maximum Gasteiger partial charge on any atom is 0.203 e. The maximum absolute atomic E-state index is 5.33. The van der Waals surface area contributed by atoms with E-state index in [1.54, 1.807) is 13.3 Å². The normalized spacial score (nSPS) is 10.3. The molecule has 16 heavy (non-hydrogen) atoms. The second-order valence-electron chi connectivity index (χ2n) is 3.22. The lowest BCUT2D eigenvalue weighted by Crippen LogP contribution is -2.14. The Labute approximate surface area is 96.1 Å². The zero-order valence-corrected chi connectivity index (χ0v) is 9.69. The van der Waals surface area contributed by atoms with Crippen LogP contribution in [0.5, 0.6) is 0 Å². The van der Waals surface area contributed by atoms with Crippen LogP contribution >= 0.6 is 0 Å². The average Bonchev–Trinajstić information content (AvgIpc) is 2.72. The highest BCUT2D eigenvalue weighted by atomic mass is 16.5. The molecule has 0 atom stereocenters. The van der Waals surface area contributed by atoms with Crippen molar-refractivity contribution in [3.05, 3.63) is 25.0 Å². The van der Waals surface area contributed by atoms with Crippen molar-refractivity contribution in [3.63, 3.8) is 0 Å². The molecule has 0 aromatic carbocycles. The lowest BCUT2D eigenvalue weighted by molar-refractivity contribution is 0.0758. The molecule has 1 heterocycles. The Balaban J connectivity index is 2.16. The zero-order valence-electron chi connectivity index (χ0n) is 9.69. The van der Waals surface area contributed by atoms with Crippen molar-refractivity contribution in [3.8, 4) is 0 Å². The summed E-state index contributed by atoms with van der Waals surface area (Å²) in [6.45, 7) is 7.08. The van der Waals surface area contributed by atoms with Crippen LogP contribution in [0.15, 0.2) is 25.0 Å². The number of allylic oxidation sites excluding steroid dienone is 1. The molecule has 0 fully saturated rings. The van der Waals surface area contributed by atoms with Crippen molar-refractivity contribution in [1.29, 1.82) is 0 Å². The molecule has 1 aromatic rings. The van der Waals surface area contributed by atoms with Gasteiger partial charge in [0.2, 0.25) is 5.95 Å². The van der Waals surface area contributed by atoms with E-state index < -0.39 is 0 Å². The molecule has 90 valence electrons. The first kappa shape index (κ1) is 12.7. The minimum Gasteiger partial charge on any atom is -0.382 e. The molecule has 0 amide bonds. The van der Waals surface area contributed by atoms with Crippen LogP contribution in [0.3, 0.4) is 0 Å². The largest absolute Gasteiger partial charge is 0.382 e. The molecule has 1 aromatic heterocycles. The summed E-state index contributed by atoms with van der Waals surface area (Å²) < 4.78 is 12.2. The number of nitrogens with zero attached hydrogens (tertiary/aromatic N) is 2. The number of hydrogen-bond donors (Lipinski definition) is 1. The van der Waals surface area contributed by atoms with E-state index in [2.05, 4.69) is 16.9 Å². The van der Waals surface area contributed by atoms with E-state index in [0.29, 0.717) is 19.8 Å². The van der Waals surface area contributed by atoms with Crippen molar-refractivity contribution in [2.45, 2.75) is 6.54 Å². The van der Waals surface area contributed by atoms with E-state index in [1.807, 2.05) is 16.8 Å². The van der Waals surface area contributed by atoms with Gasteiger partial charge in [0.1, 0.15) is 0 Å². The topological polar surface area (TPSA) is 48.3 Å². The number of anilines is 1. The first-order chi connectivity index (χ1) is 7.88. The molecular formula is C11H19N3O2. The quantitative estimate of drug-likeness (QED) is 0.506. The summed E-state index contributed by atoms with van der Waals surface area (Å²) in [6, 6.07) is 0. The Kier molecular flexibility index (Phi) is 6.29. The summed E-state index contributed by atoms with van der Waals surface area (Å²) in [4.78, 5) is 4.19. The number of hydrogen-bond acceptors (Lipinski definition) is 4. The highest BCUT2D eigenvalue weighted by Crippen LogP contribution is 2.03. The third-order valence-corrected chi connectivity index (χ3v) is 2.00. The van der Waals surface area contributed by atoms with Crippen molar-refractivity contribution >= 4 is 5.95 Å². The molecule has 0 spiro atoms. The molecule has 5 heteroatoms. The minimum absolute atomic E-state index is 0.624. The van der Waals surface area contributed by atoms with Gasteiger partial charge in [-0.15, -0.1) is 6.58 Å². The summed E-state index contributed by atoms with van der Waals surface area (Å²) in [5.41, 5.74) is 0. The molecular weight excluding hydrogens is 206 g/mol. The Bertz CT molecular complexity index is 299. The van der Waals surface area contributed by atoms with Gasteiger partial charge < -0.3 is 19.4 Å². The van der Waals surface area contributed by atoms with Gasteiger partial charge in [-0.2, -0.15) is 0 Å². The molecule has 5 nitrogen and oxygen atoms in total. The van der Waals surface area contributed by atoms with Crippen molar-refractivity contribution in [2.75, 3.05) is 38.8 Å². The fraction of sp³-hybridized carbons (Fsp3) is 0.545. The summed E-state index contributed by atoms with van der Waals surface area (Å²) >= 11 is 0. The monoisotopic (exact) mass is 225 g/mol. The number of rotatable bonds is 9. The second kappa shape index (κ2) is 7.90. The van der Waals surface area contributed by atoms with Crippen LogP contribution in [-0.2, 0) is 16.0 Å². The lowest BCUT2D eigenvalue weighted by Gasteiger charge is -2.08. The molecule has 0 aliphatic carbocycles. The van der Waals surface area contributed by atoms with E-state index in [1.165, 1.54) is 0 Å². The van der Waals surface area contributed by atoms with E-state index in [9.17, 15) is 0 Å². The third kappa shape index (κ3) is 4.46. The highest BCUT2D eigenvalue weighted by molar-refractivity contribution is 5.25. The average molecular weight is 225 g/mol. The first-order valence-corrected chi connectivity index (χ1v) is 5.31. The van der Waals surface area contributed by atoms with E-state index in [4.69, 9.17) is 9.47 Å². The van der Waals surface area contributed by atoms with Gasteiger partial charge in [0.15, 0.2) is 0 Å². The summed E-state index contributed by atoms with van der Waals surface area (Å²) in [6.07, 6.45) is 5.51. The molecule has 1 rings (SSSR count). The smallest absolute Gasteiger partial charge is 0.203 e. The van der Waals surface area contributed by atoms with Crippen LogP contribution in [0.2, 0.25) is 0 Å². The Morgan fingerprint density at radius 2 is 2.38 bits per heavy atom. The summed E-state index contributed by atoms with van der Waals surface area (Å²) in [5.74, 6) is 0.843. The fourth-order valence-corrected chi connectivity index (χ4v) is 1.24. The molecule has 0 unspecified atom stereocenters. The molecule has 0 aliphatic heterocycles. The Hall–Kier alpha value is -1.33. The van der Waals surface area contributed by atoms with Gasteiger partial charge in [-0.3, -0.25) is 0 Å². The number of imidazole rings is 1. The van der Waals surface area contributed by atoms with Crippen LogP contribution in [0.1, 0.15) is 0 Å². The van der Waals surface area contributed by atoms with Crippen LogP contribution in [0.4, 0.5) is 5.95 Å². The Morgan fingerprint density at radius 1 is 1.50 bits per heavy atom. The van der Waals surface area contributed by atoms with Crippen LogP contribution < -0.4 is 5.32 Å². The summed E-state index contributed by atoms with van der Waals surface area (Å²) in [5, 5.41) is 3.19. The van der Waals surface area contributed by atoms with E-state index in [0.717, 1.165) is 19.0 Å². The molecule has 0 radical (unpaired) electrons. The molecule has 0 saturated heterocycles. The molecule has 0 bridgehead atoms. The third-order valence-electron chi connectivity index (χ3n) is 2.00. The molecule has 0 aliphatic rings. The van der Waals surface area contributed by atoms with Gasteiger partial charge in [-0.25, -0.2) is 4.98 Å². The lowest BCUT2D eigenvalue weighted by atomic mass is 10.6. The van der Waals surface area contributed by atoms with Crippen LogP contribution in [0.25, 0.3) is 0 Å². The molecule has 0 saturated carbocycles. The van der Waals surface area contributed by atoms with E-state index in [-0.39, 0.29) is 0 Å². The van der Waals surface area contributed by atoms with Gasteiger partial charge in [-0.1, -0.05) is 6.08 Å². The summed E-state index contributed by atoms with van der Waals surface area (Å²) in [7, 11) is 1.66. The number of aromatic nitrogens is 2. The van der Waals surface area contributed by atoms with Crippen LogP contribution in [-0.4, -0.2) is 43.0 Å². The SMILES string of the molecule is C=CCn1ccnc1NCCOCCOC. The zero-order chi connectivity index (χ0) is 11.6. The Morgan fingerprint density at radius 3 is 3.12 bits per heavy atom. The number of methoxy groups -OCH3 is 1. The predicted molar refractivity (Wildman–Crippen MR) is 63.6 cm³/mol.